The van der Waals surface area contributed by atoms with Gasteiger partial charge in [-0.15, -0.1) is 0 Å². The highest BCUT2D eigenvalue weighted by Crippen LogP contribution is 2.22. The fraction of sp³-hybridized carbons (Fsp3) is 0.393. The number of hydrogen-bond acceptors (Lipinski definition) is 6. The molecule has 0 radical (unpaired) electrons. The molecule has 0 bridgehead atoms. The summed E-state index contributed by atoms with van der Waals surface area (Å²) in [5, 5.41) is 3.54. The molecule has 0 spiro atoms. The lowest BCUT2D eigenvalue weighted by Gasteiger charge is -2.32. The Kier molecular flexibility index (Phi) is 7.33. The average Bonchev–Trinajstić information content (AvgIpc) is 3.29. The van der Waals surface area contributed by atoms with Gasteiger partial charge < -0.3 is 15.0 Å². The summed E-state index contributed by atoms with van der Waals surface area (Å²) in [6, 6.07) is 14.6. The second-order valence-electron chi connectivity index (χ2n) is 9.88. The van der Waals surface area contributed by atoms with Gasteiger partial charge in [-0.1, -0.05) is 24.3 Å². The molecule has 9 nitrogen and oxygen atoms in total. The average molecular weight is 521 g/mol. The van der Waals surface area contributed by atoms with Gasteiger partial charge in [-0.25, -0.2) is 9.18 Å². The van der Waals surface area contributed by atoms with Crippen LogP contribution in [0.25, 0.3) is 11.2 Å². The Labute approximate surface area is 220 Å². The van der Waals surface area contributed by atoms with E-state index in [0.29, 0.717) is 23.7 Å². The number of ether oxygens (including phenoxy) is 1. The number of aryl methyl sites for hydroxylation is 1. The minimum Gasteiger partial charge on any atom is -0.497 e. The molecule has 0 saturated carbocycles. The van der Waals surface area contributed by atoms with Crippen LogP contribution in [0.4, 0.5) is 10.3 Å². The number of nitrogens with one attached hydrogen (secondary N) is 1. The summed E-state index contributed by atoms with van der Waals surface area (Å²) in [6.45, 7) is 3.21. The highest BCUT2D eigenvalue weighted by molar-refractivity contribution is 5.74. The maximum absolute atomic E-state index is 13.5. The third-order valence-electron chi connectivity index (χ3n) is 7.40. The summed E-state index contributed by atoms with van der Waals surface area (Å²) >= 11 is 0. The predicted molar refractivity (Wildman–Crippen MR) is 145 cm³/mol. The van der Waals surface area contributed by atoms with Gasteiger partial charge in [0.1, 0.15) is 11.6 Å². The summed E-state index contributed by atoms with van der Waals surface area (Å²) in [5.41, 5.74) is 1.97. The molecule has 1 saturated heterocycles. The van der Waals surface area contributed by atoms with Crippen molar-refractivity contribution in [3.8, 4) is 5.75 Å². The molecule has 10 heteroatoms. The van der Waals surface area contributed by atoms with E-state index in [4.69, 9.17) is 9.72 Å². The van der Waals surface area contributed by atoms with Crippen molar-refractivity contribution in [3.63, 3.8) is 0 Å². The van der Waals surface area contributed by atoms with Gasteiger partial charge in [0.05, 0.1) is 13.7 Å². The molecule has 0 unspecified atom stereocenters. The SMILES string of the molecule is COc1ccc(CCN2CCC(Nc3nc4c(c(=O)n(C)c(=O)n4C)n3Cc3ccc(F)cc3)CC2)cc1. The van der Waals surface area contributed by atoms with Crippen molar-refractivity contribution < 1.29 is 9.13 Å². The van der Waals surface area contributed by atoms with E-state index in [2.05, 4.69) is 22.3 Å². The minimum atomic E-state index is -0.425. The van der Waals surface area contributed by atoms with E-state index in [9.17, 15) is 14.0 Å². The Balaban J connectivity index is 1.33. The number of likely N-dealkylation sites (tertiary alicyclic amines) is 1. The highest BCUT2D eigenvalue weighted by Gasteiger charge is 2.24. The van der Waals surface area contributed by atoms with Gasteiger partial charge in [0, 0.05) is 39.8 Å². The number of halogens is 1. The maximum atomic E-state index is 13.5. The number of rotatable bonds is 8. The van der Waals surface area contributed by atoms with Crippen molar-refractivity contribution in [2.75, 3.05) is 32.1 Å². The smallest absolute Gasteiger partial charge is 0.332 e. The molecule has 1 aliphatic rings. The van der Waals surface area contributed by atoms with E-state index in [1.165, 1.54) is 29.3 Å². The van der Waals surface area contributed by atoms with Crippen LogP contribution in [0.3, 0.4) is 0 Å². The number of methoxy groups -OCH3 is 1. The Morgan fingerprint density at radius 3 is 2.29 bits per heavy atom. The normalized spacial score (nSPS) is 14.7. The molecule has 3 heterocycles. The lowest BCUT2D eigenvalue weighted by Crippen LogP contribution is -2.40. The first kappa shape index (κ1) is 25.7. The highest BCUT2D eigenvalue weighted by atomic mass is 19.1. The summed E-state index contributed by atoms with van der Waals surface area (Å²) < 4.78 is 23.0. The number of benzene rings is 2. The molecule has 4 aromatic rings. The minimum absolute atomic E-state index is 0.178. The molecule has 200 valence electrons. The van der Waals surface area contributed by atoms with Gasteiger partial charge in [0.2, 0.25) is 5.95 Å². The Bertz CT molecular complexity index is 1530. The van der Waals surface area contributed by atoms with Crippen LogP contribution in [0.5, 0.6) is 5.75 Å². The van der Waals surface area contributed by atoms with Gasteiger partial charge in [0.25, 0.3) is 5.56 Å². The van der Waals surface area contributed by atoms with Crippen LogP contribution in [-0.2, 0) is 27.1 Å². The maximum Gasteiger partial charge on any atom is 0.332 e. The van der Waals surface area contributed by atoms with Gasteiger partial charge in [0.15, 0.2) is 11.2 Å². The van der Waals surface area contributed by atoms with Crippen molar-refractivity contribution in [1.82, 2.24) is 23.6 Å². The fourth-order valence-corrected chi connectivity index (χ4v) is 5.05. The molecule has 5 rings (SSSR count). The molecule has 0 atom stereocenters. The zero-order chi connectivity index (χ0) is 26.8. The van der Waals surface area contributed by atoms with Crippen LogP contribution in [0.2, 0.25) is 0 Å². The van der Waals surface area contributed by atoms with E-state index < -0.39 is 11.2 Å². The van der Waals surface area contributed by atoms with Crippen LogP contribution < -0.4 is 21.3 Å². The monoisotopic (exact) mass is 520 g/mol. The van der Waals surface area contributed by atoms with Crippen LogP contribution in [0.15, 0.2) is 58.1 Å². The number of hydrogen-bond donors (Lipinski definition) is 1. The van der Waals surface area contributed by atoms with Gasteiger partial charge in [-0.2, -0.15) is 4.98 Å². The molecule has 0 amide bonds. The molecule has 2 aromatic heterocycles. The first-order valence-electron chi connectivity index (χ1n) is 12.9. The molecular weight excluding hydrogens is 487 g/mol. The van der Waals surface area contributed by atoms with E-state index in [-0.39, 0.29) is 11.9 Å². The second-order valence-corrected chi connectivity index (χ2v) is 9.88. The van der Waals surface area contributed by atoms with Crippen LogP contribution in [-0.4, -0.2) is 56.4 Å². The number of nitrogens with zero attached hydrogens (tertiary/aromatic N) is 5. The number of anilines is 1. The van der Waals surface area contributed by atoms with Crippen molar-refractivity contribution in [2.45, 2.75) is 31.8 Å². The Morgan fingerprint density at radius 1 is 0.974 bits per heavy atom. The lowest BCUT2D eigenvalue weighted by atomic mass is 10.0. The first-order chi connectivity index (χ1) is 18.3. The quantitative estimate of drug-likeness (QED) is 0.385. The third kappa shape index (κ3) is 5.22. The topological polar surface area (TPSA) is 86.3 Å². The van der Waals surface area contributed by atoms with E-state index in [1.807, 2.05) is 12.1 Å². The van der Waals surface area contributed by atoms with Crippen molar-refractivity contribution in [2.24, 2.45) is 14.1 Å². The molecule has 1 fully saturated rings. The summed E-state index contributed by atoms with van der Waals surface area (Å²) in [7, 11) is 4.75. The lowest BCUT2D eigenvalue weighted by molar-refractivity contribution is 0.221. The van der Waals surface area contributed by atoms with Crippen LogP contribution >= 0.6 is 0 Å². The largest absolute Gasteiger partial charge is 0.497 e. The summed E-state index contributed by atoms with van der Waals surface area (Å²) in [4.78, 5) is 32.8. The first-order valence-corrected chi connectivity index (χ1v) is 12.9. The van der Waals surface area contributed by atoms with Crippen LogP contribution in [0, 0.1) is 5.82 Å². The third-order valence-corrected chi connectivity index (χ3v) is 7.40. The van der Waals surface area contributed by atoms with Crippen molar-refractivity contribution in [1.29, 1.82) is 0 Å². The zero-order valence-electron chi connectivity index (χ0n) is 22.0. The van der Waals surface area contributed by atoms with Gasteiger partial charge in [-0.3, -0.25) is 18.5 Å². The number of aromatic nitrogens is 4. The Hall–Kier alpha value is -3.92. The molecule has 1 N–H and O–H groups in total. The summed E-state index contributed by atoms with van der Waals surface area (Å²) in [6.07, 6.45) is 2.84. The van der Waals surface area contributed by atoms with Gasteiger partial charge >= 0.3 is 5.69 Å². The number of piperidine rings is 1. The predicted octanol–water partition coefficient (Wildman–Crippen LogP) is 2.75. The van der Waals surface area contributed by atoms with E-state index >= 15 is 0 Å². The van der Waals surface area contributed by atoms with Crippen LogP contribution in [0.1, 0.15) is 24.0 Å². The zero-order valence-corrected chi connectivity index (χ0v) is 22.0. The molecular formula is C28H33FN6O3. The van der Waals surface area contributed by atoms with Crippen molar-refractivity contribution >= 4 is 17.1 Å². The molecule has 2 aromatic carbocycles. The van der Waals surface area contributed by atoms with E-state index in [1.54, 1.807) is 30.9 Å². The van der Waals surface area contributed by atoms with E-state index in [0.717, 1.165) is 54.8 Å². The number of fused-ring (bicyclic) bond motifs is 1. The fourth-order valence-electron chi connectivity index (χ4n) is 5.05. The molecule has 1 aliphatic heterocycles. The Morgan fingerprint density at radius 2 is 1.63 bits per heavy atom. The van der Waals surface area contributed by atoms with Gasteiger partial charge in [-0.05, 0) is 54.7 Å². The summed E-state index contributed by atoms with van der Waals surface area (Å²) in [5.74, 6) is 1.09. The standard InChI is InChI=1S/C28H33FN6O3/c1-32-25-24(26(36)33(2)28(32)37)35(18-20-4-8-21(29)9-5-20)27(31-25)30-22-13-16-34(17-14-22)15-12-19-6-10-23(38-3)11-7-19/h4-11,22H,12-18H2,1-3H3,(H,30,31). The van der Waals surface area contributed by atoms with Crippen molar-refractivity contribution in [3.05, 3.63) is 86.3 Å². The molecule has 38 heavy (non-hydrogen) atoms. The number of imidazole rings is 1. The molecule has 0 aliphatic carbocycles. The second kappa shape index (κ2) is 10.8.